The number of benzene rings is 2. The van der Waals surface area contributed by atoms with E-state index in [1.165, 1.54) is 5.56 Å². The van der Waals surface area contributed by atoms with Gasteiger partial charge in [0.1, 0.15) is 0 Å². The molecule has 0 saturated carbocycles. The van der Waals surface area contributed by atoms with E-state index in [0.29, 0.717) is 0 Å². The molecule has 100 valence electrons. The van der Waals surface area contributed by atoms with Crippen molar-refractivity contribution in [2.45, 2.75) is 19.9 Å². The van der Waals surface area contributed by atoms with Gasteiger partial charge in [-0.25, -0.2) is 0 Å². The molecule has 0 aliphatic heterocycles. The topological polar surface area (TPSA) is 12.0 Å². The fourth-order valence-electron chi connectivity index (χ4n) is 2.30. The molecule has 2 rings (SSSR count). The van der Waals surface area contributed by atoms with Gasteiger partial charge in [-0.05, 0) is 55.3 Å². The van der Waals surface area contributed by atoms with Gasteiger partial charge in [0.05, 0.1) is 6.04 Å². The minimum absolute atomic E-state index is 0.0738. The Labute approximate surface area is 124 Å². The van der Waals surface area contributed by atoms with E-state index in [-0.39, 0.29) is 6.04 Å². The third-order valence-electron chi connectivity index (χ3n) is 3.36. The van der Waals surface area contributed by atoms with Gasteiger partial charge in [0.25, 0.3) is 0 Å². The molecule has 1 N–H and O–H groups in total. The number of hydrogen-bond acceptors (Lipinski definition) is 1. The Balaban J connectivity index is 2.55. The Kier molecular flexibility index (Phi) is 4.51. The monoisotopic (exact) mass is 293 g/mol. The van der Waals surface area contributed by atoms with Gasteiger partial charge in [-0.1, -0.05) is 47.5 Å². The van der Waals surface area contributed by atoms with Crippen LogP contribution in [0.3, 0.4) is 0 Å². The lowest BCUT2D eigenvalue weighted by molar-refractivity contribution is 0.687. The van der Waals surface area contributed by atoms with Crippen molar-refractivity contribution < 1.29 is 0 Å². The highest BCUT2D eigenvalue weighted by molar-refractivity contribution is 6.31. The van der Waals surface area contributed by atoms with E-state index in [2.05, 4.69) is 18.3 Å². The molecule has 0 heterocycles. The highest BCUT2D eigenvalue weighted by Crippen LogP contribution is 2.32. The predicted octanol–water partition coefficient (Wildman–Crippen LogP) is 4.92. The Morgan fingerprint density at radius 2 is 1.58 bits per heavy atom. The van der Waals surface area contributed by atoms with Gasteiger partial charge in [0.15, 0.2) is 0 Å². The first-order valence-corrected chi connectivity index (χ1v) is 6.98. The Hall–Kier alpha value is -1.02. The van der Waals surface area contributed by atoms with E-state index in [0.717, 1.165) is 26.7 Å². The van der Waals surface area contributed by atoms with Crippen LogP contribution in [0.2, 0.25) is 10.0 Å². The molecule has 0 spiro atoms. The van der Waals surface area contributed by atoms with Crippen LogP contribution in [0.15, 0.2) is 36.4 Å². The van der Waals surface area contributed by atoms with Crippen molar-refractivity contribution in [2.75, 3.05) is 7.05 Å². The van der Waals surface area contributed by atoms with E-state index in [4.69, 9.17) is 23.2 Å². The zero-order valence-electron chi connectivity index (χ0n) is 11.3. The van der Waals surface area contributed by atoms with E-state index in [1.807, 2.05) is 44.3 Å². The molecule has 2 aromatic rings. The number of aryl methyl sites for hydroxylation is 2. The quantitative estimate of drug-likeness (QED) is 0.847. The Bertz CT molecular complexity index is 593. The van der Waals surface area contributed by atoms with Gasteiger partial charge < -0.3 is 5.32 Å². The zero-order chi connectivity index (χ0) is 14.0. The van der Waals surface area contributed by atoms with Gasteiger partial charge in [0, 0.05) is 10.0 Å². The van der Waals surface area contributed by atoms with Gasteiger partial charge >= 0.3 is 0 Å². The molecule has 0 aliphatic carbocycles. The summed E-state index contributed by atoms with van der Waals surface area (Å²) in [5, 5.41) is 4.91. The maximum absolute atomic E-state index is 6.30. The third kappa shape index (κ3) is 2.94. The molecule has 0 bridgehead atoms. The summed E-state index contributed by atoms with van der Waals surface area (Å²) < 4.78 is 0. The molecule has 3 heteroatoms. The number of rotatable bonds is 3. The summed E-state index contributed by atoms with van der Waals surface area (Å²) in [4.78, 5) is 0. The summed E-state index contributed by atoms with van der Waals surface area (Å²) in [6.45, 7) is 4.09. The number of hydrogen-bond donors (Lipinski definition) is 1. The van der Waals surface area contributed by atoms with Crippen LogP contribution in [0.4, 0.5) is 0 Å². The van der Waals surface area contributed by atoms with Crippen molar-refractivity contribution in [1.82, 2.24) is 5.32 Å². The minimum atomic E-state index is 0.0738. The first kappa shape index (κ1) is 14.4. The third-order valence-corrected chi connectivity index (χ3v) is 4.11. The smallest absolute Gasteiger partial charge is 0.0591 e. The summed E-state index contributed by atoms with van der Waals surface area (Å²) >= 11 is 12.5. The molecule has 2 aromatic carbocycles. The lowest BCUT2D eigenvalue weighted by Gasteiger charge is -2.21. The van der Waals surface area contributed by atoms with Crippen LogP contribution < -0.4 is 5.32 Å². The van der Waals surface area contributed by atoms with Crippen molar-refractivity contribution in [2.24, 2.45) is 0 Å². The van der Waals surface area contributed by atoms with Crippen molar-refractivity contribution in [3.8, 4) is 0 Å². The SMILES string of the molecule is CNC(c1cc(C)c(Cl)cc1C)c1ccccc1Cl. The van der Waals surface area contributed by atoms with Crippen molar-refractivity contribution in [3.63, 3.8) is 0 Å². The van der Waals surface area contributed by atoms with Crippen LogP contribution in [0.1, 0.15) is 28.3 Å². The lowest BCUT2D eigenvalue weighted by atomic mass is 9.93. The second-order valence-electron chi connectivity index (χ2n) is 4.70. The van der Waals surface area contributed by atoms with E-state index >= 15 is 0 Å². The summed E-state index contributed by atoms with van der Waals surface area (Å²) in [6, 6.07) is 12.1. The maximum Gasteiger partial charge on any atom is 0.0591 e. The lowest BCUT2D eigenvalue weighted by Crippen LogP contribution is -2.19. The number of nitrogens with one attached hydrogen (secondary N) is 1. The van der Waals surface area contributed by atoms with Crippen LogP contribution in [0, 0.1) is 13.8 Å². The first-order chi connectivity index (χ1) is 9.04. The normalized spacial score (nSPS) is 12.5. The standard InChI is InChI=1S/C16H17Cl2N/c1-10-9-15(18)11(2)8-13(10)16(19-3)12-6-4-5-7-14(12)17/h4-9,16,19H,1-3H3. The second kappa shape index (κ2) is 5.96. The molecule has 0 radical (unpaired) electrons. The van der Waals surface area contributed by atoms with Gasteiger partial charge in [-0.15, -0.1) is 0 Å². The summed E-state index contributed by atoms with van der Waals surface area (Å²) in [5.41, 5.74) is 4.53. The van der Waals surface area contributed by atoms with Gasteiger partial charge in [0.2, 0.25) is 0 Å². The number of halogens is 2. The Morgan fingerprint density at radius 3 is 2.21 bits per heavy atom. The molecule has 0 amide bonds. The molecular formula is C16H17Cl2N. The van der Waals surface area contributed by atoms with Crippen molar-refractivity contribution in [1.29, 1.82) is 0 Å². The highest BCUT2D eigenvalue weighted by atomic mass is 35.5. The Morgan fingerprint density at radius 1 is 0.895 bits per heavy atom. The van der Waals surface area contributed by atoms with Crippen LogP contribution in [-0.4, -0.2) is 7.05 Å². The highest BCUT2D eigenvalue weighted by Gasteiger charge is 2.17. The second-order valence-corrected chi connectivity index (χ2v) is 5.52. The largest absolute Gasteiger partial charge is 0.309 e. The van der Waals surface area contributed by atoms with Crippen LogP contribution in [0.25, 0.3) is 0 Å². The molecule has 0 fully saturated rings. The molecule has 1 nitrogen and oxygen atoms in total. The summed E-state index contributed by atoms with van der Waals surface area (Å²) in [7, 11) is 1.94. The average molecular weight is 294 g/mol. The molecule has 0 aromatic heterocycles. The molecule has 0 saturated heterocycles. The zero-order valence-corrected chi connectivity index (χ0v) is 12.8. The van der Waals surface area contributed by atoms with Crippen molar-refractivity contribution >= 4 is 23.2 Å². The average Bonchev–Trinajstić information content (AvgIpc) is 2.38. The minimum Gasteiger partial charge on any atom is -0.309 e. The van der Waals surface area contributed by atoms with Crippen molar-refractivity contribution in [3.05, 3.63) is 68.7 Å². The van der Waals surface area contributed by atoms with Crippen LogP contribution in [0.5, 0.6) is 0 Å². The van der Waals surface area contributed by atoms with Gasteiger partial charge in [-0.3, -0.25) is 0 Å². The molecule has 0 aliphatic rings. The van der Waals surface area contributed by atoms with Gasteiger partial charge in [-0.2, -0.15) is 0 Å². The summed E-state index contributed by atoms with van der Waals surface area (Å²) in [6.07, 6.45) is 0. The fraction of sp³-hybridized carbons (Fsp3) is 0.250. The summed E-state index contributed by atoms with van der Waals surface area (Å²) in [5.74, 6) is 0. The van der Waals surface area contributed by atoms with E-state index < -0.39 is 0 Å². The molecular weight excluding hydrogens is 277 g/mol. The van der Waals surface area contributed by atoms with E-state index in [9.17, 15) is 0 Å². The van der Waals surface area contributed by atoms with Crippen LogP contribution >= 0.6 is 23.2 Å². The fourth-order valence-corrected chi connectivity index (χ4v) is 2.77. The first-order valence-electron chi connectivity index (χ1n) is 6.23. The molecule has 1 unspecified atom stereocenters. The molecule has 19 heavy (non-hydrogen) atoms. The predicted molar refractivity (Wildman–Crippen MR) is 83.3 cm³/mol. The maximum atomic E-state index is 6.30. The van der Waals surface area contributed by atoms with Crippen LogP contribution in [-0.2, 0) is 0 Å². The molecule has 1 atom stereocenters. The van der Waals surface area contributed by atoms with E-state index in [1.54, 1.807) is 0 Å².